The van der Waals surface area contributed by atoms with E-state index in [0.29, 0.717) is 6.42 Å². The topological polar surface area (TPSA) is 28.7 Å². The fraction of sp³-hybridized carbons (Fsp3) is 0.105. The highest BCUT2D eigenvalue weighted by molar-refractivity contribution is 6.01. The molecule has 23 heavy (non-hydrogen) atoms. The summed E-state index contributed by atoms with van der Waals surface area (Å²) in [7, 11) is 0. The summed E-state index contributed by atoms with van der Waals surface area (Å²) in [5.74, 6) is 0.542. The Labute approximate surface area is 133 Å². The molecule has 1 aliphatic heterocycles. The van der Waals surface area contributed by atoms with Gasteiger partial charge in [-0.15, -0.1) is 0 Å². The van der Waals surface area contributed by atoms with E-state index in [1.165, 1.54) is 12.1 Å². The average Bonchev–Trinajstić information content (AvgIpc) is 3.26. The van der Waals surface area contributed by atoms with Crippen LogP contribution < -0.4 is 5.01 Å². The molecule has 0 amide bonds. The summed E-state index contributed by atoms with van der Waals surface area (Å²) in [6.07, 6.45) is 2.37. The molecule has 4 heteroatoms. The number of hydrazone groups is 1. The second-order valence-corrected chi connectivity index (χ2v) is 5.48. The molecule has 0 radical (unpaired) electrons. The van der Waals surface area contributed by atoms with E-state index in [1.807, 2.05) is 59.6 Å². The van der Waals surface area contributed by atoms with E-state index in [-0.39, 0.29) is 11.9 Å². The van der Waals surface area contributed by atoms with Gasteiger partial charge in [-0.3, -0.25) is 5.01 Å². The quantitative estimate of drug-likeness (QED) is 0.697. The molecule has 3 nitrogen and oxygen atoms in total. The Hall–Kier alpha value is -2.88. The van der Waals surface area contributed by atoms with Gasteiger partial charge < -0.3 is 4.42 Å². The molecule has 1 aliphatic rings. The zero-order valence-electron chi connectivity index (χ0n) is 12.4. The van der Waals surface area contributed by atoms with Crippen molar-refractivity contribution in [3.63, 3.8) is 0 Å². The Balaban J connectivity index is 1.74. The smallest absolute Gasteiger partial charge is 0.149 e. The Bertz CT molecular complexity index is 810. The van der Waals surface area contributed by atoms with Crippen LogP contribution >= 0.6 is 0 Å². The van der Waals surface area contributed by atoms with Crippen LogP contribution in [0.3, 0.4) is 0 Å². The van der Waals surface area contributed by atoms with Gasteiger partial charge in [0.1, 0.15) is 17.3 Å². The van der Waals surface area contributed by atoms with Crippen molar-refractivity contribution in [2.75, 3.05) is 5.01 Å². The third kappa shape index (κ3) is 2.63. The van der Waals surface area contributed by atoms with Gasteiger partial charge in [0.2, 0.25) is 0 Å². The molecule has 2 heterocycles. The molecule has 0 unspecified atom stereocenters. The lowest BCUT2D eigenvalue weighted by Crippen LogP contribution is -2.18. The van der Waals surface area contributed by atoms with Gasteiger partial charge in [-0.25, -0.2) is 4.39 Å². The summed E-state index contributed by atoms with van der Waals surface area (Å²) in [6.45, 7) is 0. The number of hydrogen-bond donors (Lipinski definition) is 0. The summed E-state index contributed by atoms with van der Waals surface area (Å²) >= 11 is 0. The number of hydrogen-bond acceptors (Lipinski definition) is 3. The molecule has 1 atom stereocenters. The van der Waals surface area contributed by atoms with E-state index in [2.05, 4.69) is 0 Å². The molecule has 114 valence electrons. The minimum Gasteiger partial charge on any atom is -0.463 e. The van der Waals surface area contributed by atoms with Crippen molar-refractivity contribution in [3.8, 4) is 0 Å². The summed E-state index contributed by atoms with van der Waals surface area (Å²) in [6, 6.07) is 20.4. The van der Waals surface area contributed by atoms with Gasteiger partial charge in [-0.1, -0.05) is 30.3 Å². The van der Waals surface area contributed by atoms with Crippen LogP contribution in [-0.2, 0) is 0 Å². The molecule has 0 N–H and O–H groups in total. The van der Waals surface area contributed by atoms with Crippen molar-refractivity contribution in [1.29, 1.82) is 0 Å². The van der Waals surface area contributed by atoms with Crippen LogP contribution in [0.1, 0.15) is 23.8 Å². The molecular formula is C19H15FN2O. The summed E-state index contributed by atoms with van der Waals surface area (Å²) in [4.78, 5) is 0. The van der Waals surface area contributed by atoms with Crippen LogP contribution in [0, 0.1) is 5.82 Å². The molecule has 0 spiro atoms. The van der Waals surface area contributed by atoms with Gasteiger partial charge in [0, 0.05) is 6.42 Å². The predicted molar refractivity (Wildman–Crippen MR) is 87.9 cm³/mol. The molecule has 4 rings (SSSR count). The van der Waals surface area contributed by atoms with Crippen LogP contribution in [0.2, 0.25) is 0 Å². The molecule has 2 aromatic carbocycles. The lowest BCUT2D eigenvalue weighted by atomic mass is 10.0. The normalized spacial score (nSPS) is 17.3. The van der Waals surface area contributed by atoms with E-state index in [4.69, 9.17) is 9.52 Å². The molecular weight excluding hydrogens is 291 g/mol. The van der Waals surface area contributed by atoms with Crippen LogP contribution in [-0.4, -0.2) is 5.71 Å². The third-order valence-electron chi connectivity index (χ3n) is 3.99. The van der Waals surface area contributed by atoms with E-state index in [9.17, 15) is 4.39 Å². The maximum Gasteiger partial charge on any atom is 0.149 e. The van der Waals surface area contributed by atoms with Crippen molar-refractivity contribution in [1.82, 2.24) is 0 Å². The first-order valence-corrected chi connectivity index (χ1v) is 7.52. The molecule has 0 bridgehead atoms. The standard InChI is InChI=1S/C19H15FN2O/c20-15-10-8-14(9-11-15)18-13-17(19-7-4-12-23-19)21-22(18)16-5-2-1-3-6-16/h1-12,18H,13H2/t18-/m0/s1. The maximum atomic E-state index is 13.2. The largest absolute Gasteiger partial charge is 0.463 e. The van der Waals surface area contributed by atoms with Crippen molar-refractivity contribution >= 4 is 11.4 Å². The fourth-order valence-corrected chi connectivity index (χ4v) is 2.87. The molecule has 0 aliphatic carbocycles. The first-order chi connectivity index (χ1) is 11.3. The van der Waals surface area contributed by atoms with Crippen LogP contribution in [0.25, 0.3) is 0 Å². The zero-order chi connectivity index (χ0) is 15.6. The van der Waals surface area contributed by atoms with E-state index in [1.54, 1.807) is 6.26 Å². The van der Waals surface area contributed by atoms with Gasteiger partial charge in [-0.2, -0.15) is 5.10 Å². The van der Waals surface area contributed by atoms with Crippen molar-refractivity contribution < 1.29 is 8.81 Å². The highest BCUT2D eigenvalue weighted by Crippen LogP contribution is 2.36. The van der Waals surface area contributed by atoms with Gasteiger partial charge in [-0.05, 0) is 42.0 Å². The Morgan fingerprint density at radius 1 is 0.957 bits per heavy atom. The first kappa shape index (κ1) is 13.8. The average molecular weight is 306 g/mol. The Kier molecular flexibility index (Phi) is 3.42. The molecule has 0 fully saturated rings. The highest BCUT2D eigenvalue weighted by Gasteiger charge is 2.30. The molecule has 3 aromatic rings. The predicted octanol–water partition coefficient (Wildman–Crippen LogP) is 4.77. The van der Waals surface area contributed by atoms with Crippen molar-refractivity contribution in [2.24, 2.45) is 5.10 Å². The van der Waals surface area contributed by atoms with Crippen molar-refractivity contribution in [3.05, 3.63) is 90.1 Å². The second kappa shape index (κ2) is 5.72. The zero-order valence-corrected chi connectivity index (χ0v) is 12.4. The third-order valence-corrected chi connectivity index (χ3v) is 3.99. The van der Waals surface area contributed by atoms with E-state index >= 15 is 0 Å². The molecule has 1 aromatic heterocycles. The number of nitrogens with zero attached hydrogens (tertiary/aromatic N) is 2. The molecule has 0 saturated carbocycles. The summed E-state index contributed by atoms with van der Waals surface area (Å²) in [5, 5.41) is 6.72. The van der Waals surface area contributed by atoms with Crippen LogP contribution in [0.4, 0.5) is 10.1 Å². The van der Waals surface area contributed by atoms with E-state index in [0.717, 1.165) is 22.7 Å². The van der Waals surface area contributed by atoms with Crippen molar-refractivity contribution in [2.45, 2.75) is 12.5 Å². The van der Waals surface area contributed by atoms with Crippen LogP contribution in [0.15, 0.2) is 82.5 Å². The van der Waals surface area contributed by atoms with Gasteiger partial charge in [0.15, 0.2) is 0 Å². The van der Waals surface area contributed by atoms with Gasteiger partial charge in [0.25, 0.3) is 0 Å². The number of halogens is 1. The van der Waals surface area contributed by atoms with E-state index < -0.39 is 0 Å². The SMILES string of the molecule is Fc1ccc([C@@H]2CC(c3ccco3)=NN2c2ccccc2)cc1. The van der Waals surface area contributed by atoms with Gasteiger partial charge in [0.05, 0.1) is 18.0 Å². The monoisotopic (exact) mass is 306 g/mol. The fourth-order valence-electron chi connectivity index (χ4n) is 2.87. The highest BCUT2D eigenvalue weighted by atomic mass is 19.1. The number of furan rings is 1. The minimum atomic E-state index is -0.231. The number of para-hydroxylation sites is 1. The summed E-state index contributed by atoms with van der Waals surface area (Å²) in [5.41, 5.74) is 2.93. The molecule has 0 saturated heterocycles. The summed E-state index contributed by atoms with van der Waals surface area (Å²) < 4.78 is 18.7. The number of benzene rings is 2. The minimum absolute atomic E-state index is 0.0260. The van der Waals surface area contributed by atoms with Crippen LogP contribution in [0.5, 0.6) is 0 Å². The first-order valence-electron chi connectivity index (χ1n) is 7.52. The number of rotatable bonds is 3. The maximum absolute atomic E-state index is 13.2. The second-order valence-electron chi connectivity index (χ2n) is 5.48. The lowest BCUT2D eigenvalue weighted by Gasteiger charge is -2.23. The Morgan fingerprint density at radius 3 is 2.43 bits per heavy atom. The Morgan fingerprint density at radius 2 is 1.74 bits per heavy atom. The number of anilines is 1. The lowest BCUT2D eigenvalue weighted by molar-refractivity contribution is 0.556. The van der Waals surface area contributed by atoms with Gasteiger partial charge >= 0.3 is 0 Å².